The maximum absolute atomic E-state index is 6.50. The zero-order valence-electron chi connectivity index (χ0n) is 22.0. The summed E-state index contributed by atoms with van der Waals surface area (Å²) in [4.78, 5) is 10.2. The molecule has 0 spiro atoms. The molecule has 0 unspecified atom stereocenters. The monoisotopic (exact) mass is 522 g/mol. The van der Waals surface area contributed by atoms with Gasteiger partial charge in [-0.05, 0) is 51.9 Å². The Labute approximate surface area is 235 Å². The normalized spacial score (nSPS) is 11.9. The first-order chi connectivity index (χ1) is 20.3. The molecule has 9 rings (SSSR count). The molecule has 7 aromatic carbocycles. The molecule has 0 bridgehead atoms. The van der Waals surface area contributed by atoms with Crippen LogP contribution >= 0.6 is 0 Å². The SMILES string of the molecule is c1ccc(-c2nc3ccccc3nc2-c2ccc3c(ccc4c5oc6ccccc6c5c5ccccc5c34)c2)cc1. The van der Waals surface area contributed by atoms with Gasteiger partial charge in [-0.2, -0.15) is 0 Å². The van der Waals surface area contributed by atoms with Gasteiger partial charge < -0.3 is 4.42 Å². The first-order valence-corrected chi connectivity index (χ1v) is 13.8. The van der Waals surface area contributed by atoms with Gasteiger partial charge in [0.25, 0.3) is 0 Å². The van der Waals surface area contributed by atoms with Crippen molar-refractivity contribution in [1.82, 2.24) is 9.97 Å². The summed E-state index contributed by atoms with van der Waals surface area (Å²) in [6.07, 6.45) is 0. The lowest BCUT2D eigenvalue weighted by Crippen LogP contribution is -1.95. The maximum atomic E-state index is 6.50. The average molecular weight is 523 g/mol. The Morgan fingerprint density at radius 1 is 0.415 bits per heavy atom. The van der Waals surface area contributed by atoms with Crippen molar-refractivity contribution in [3.05, 3.63) is 133 Å². The number of aromatic nitrogens is 2. The molecule has 0 aliphatic rings. The molecule has 0 N–H and O–H groups in total. The highest BCUT2D eigenvalue weighted by Crippen LogP contribution is 2.43. The van der Waals surface area contributed by atoms with Crippen molar-refractivity contribution in [2.24, 2.45) is 0 Å². The number of benzene rings is 7. The van der Waals surface area contributed by atoms with Crippen molar-refractivity contribution in [3.63, 3.8) is 0 Å². The van der Waals surface area contributed by atoms with Crippen molar-refractivity contribution in [2.75, 3.05) is 0 Å². The van der Waals surface area contributed by atoms with Gasteiger partial charge in [0.15, 0.2) is 0 Å². The van der Waals surface area contributed by atoms with Crippen molar-refractivity contribution in [1.29, 1.82) is 0 Å². The average Bonchev–Trinajstić information content (AvgIpc) is 3.44. The minimum Gasteiger partial charge on any atom is -0.455 e. The number of fused-ring (bicyclic) bond motifs is 11. The summed E-state index contributed by atoms with van der Waals surface area (Å²) in [6.45, 7) is 0. The summed E-state index contributed by atoms with van der Waals surface area (Å²) in [7, 11) is 0. The van der Waals surface area contributed by atoms with Gasteiger partial charge in [0, 0.05) is 32.7 Å². The third-order valence-electron chi connectivity index (χ3n) is 8.22. The molecular weight excluding hydrogens is 500 g/mol. The Hall–Kier alpha value is -5.54. The molecule has 190 valence electrons. The summed E-state index contributed by atoms with van der Waals surface area (Å²) in [5.74, 6) is 0. The molecule has 9 aromatic rings. The Kier molecular flexibility index (Phi) is 4.61. The lowest BCUT2D eigenvalue weighted by atomic mass is 9.92. The molecule has 0 aliphatic carbocycles. The second-order valence-electron chi connectivity index (χ2n) is 10.5. The maximum Gasteiger partial charge on any atom is 0.143 e. The number of hydrogen-bond acceptors (Lipinski definition) is 3. The van der Waals surface area contributed by atoms with Crippen LogP contribution in [0, 0.1) is 0 Å². The highest BCUT2D eigenvalue weighted by molar-refractivity contribution is 6.34. The molecule has 41 heavy (non-hydrogen) atoms. The van der Waals surface area contributed by atoms with E-state index in [1.807, 2.05) is 48.5 Å². The van der Waals surface area contributed by atoms with Crippen LogP contribution in [-0.4, -0.2) is 9.97 Å². The van der Waals surface area contributed by atoms with Crippen LogP contribution in [0.1, 0.15) is 0 Å². The molecule has 3 heteroatoms. The molecule has 3 nitrogen and oxygen atoms in total. The van der Waals surface area contributed by atoms with Crippen molar-refractivity contribution >= 4 is 65.3 Å². The molecule has 0 saturated carbocycles. The predicted molar refractivity (Wildman–Crippen MR) is 170 cm³/mol. The summed E-state index contributed by atoms with van der Waals surface area (Å²) >= 11 is 0. The van der Waals surface area contributed by atoms with Gasteiger partial charge in [-0.1, -0.05) is 103 Å². The fourth-order valence-corrected chi connectivity index (χ4v) is 6.38. The van der Waals surface area contributed by atoms with Crippen LogP contribution in [0.3, 0.4) is 0 Å². The number of para-hydroxylation sites is 3. The molecule has 0 atom stereocenters. The first-order valence-electron chi connectivity index (χ1n) is 13.8. The lowest BCUT2D eigenvalue weighted by molar-refractivity contribution is 0.673. The van der Waals surface area contributed by atoms with Gasteiger partial charge >= 0.3 is 0 Å². The van der Waals surface area contributed by atoms with Gasteiger partial charge in [0.1, 0.15) is 11.2 Å². The quantitative estimate of drug-likeness (QED) is 0.212. The summed E-state index contributed by atoms with van der Waals surface area (Å²) in [5, 5.41) is 9.47. The molecule has 0 saturated heterocycles. The molecule has 0 radical (unpaired) electrons. The van der Waals surface area contributed by atoms with E-state index in [0.717, 1.165) is 60.9 Å². The highest BCUT2D eigenvalue weighted by atomic mass is 16.3. The Morgan fingerprint density at radius 3 is 1.80 bits per heavy atom. The van der Waals surface area contributed by atoms with Crippen molar-refractivity contribution in [3.8, 4) is 22.5 Å². The molecule has 0 fully saturated rings. The van der Waals surface area contributed by atoms with Gasteiger partial charge in [-0.25, -0.2) is 9.97 Å². The summed E-state index contributed by atoms with van der Waals surface area (Å²) in [5.41, 5.74) is 7.51. The molecule has 0 aliphatic heterocycles. The minimum atomic E-state index is 0.884. The zero-order chi connectivity index (χ0) is 26.9. The fraction of sp³-hybridized carbons (Fsp3) is 0. The number of furan rings is 1. The Bertz CT molecular complexity index is 2470. The first kappa shape index (κ1) is 22.3. The summed E-state index contributed by atoms with van der Waals surface area (Å²) in [6, 6.07) is 46.5. The van der Waals surface area contributed by atoms with Crippen LogP contribution in [0.2, 0.25) is 0 Å². The van der Waals surface area contributed by atoms with Gasteiger partial charge in [-0.3, -0.25) is 0 Å². The molecule has 2 aromatic heterocycles. The minimum absolute atomic E-state index is 0.884. The lowest BCUT2D eigenvalue weighted by Gasteiger charge is -2.13. The summed E-state index contributed by atoms with van der Waals surface area (Å²) < 4.78 is 6.50. The van der Waals surface area contributed by atoms with E-state index in [0.29, 0.717) is 0 Å². The predicted octanol–water partition coefficient (Wildman–Crippen LogP) is 10.3. The fourth-order valence-electron chi connectivity index (χ4n) is 6.38. The van der Waals surface area contributed by atoms with Crippen molar-refractivity contribution < 1.29 is 4.42 Å². The highest BCUT2D eigenvalue weighted by Gasteiger charge is 2.18. The van der Waals surface area contributed by atoms with E-state index in [2.05, 4.69) is 84.9 Å². The second kappa shape index (κ2) is 8.48. The van der Waals surface area contributed by atoms with Crippen molar-refractivity contribution in [2.45, 2.75) is 0 Å². The van der Waals surface area contributed by atoms with Crippen LogP contribution in [-0.2, 0) is 0 Å². The van der Waals surface area contributed by atoms with E-state index >= 15 is 0 Å². The number of rotatable bonds is 2. The van der Waals surface area contributed by atoms with Crippen LogP contribution in [0.5, 0.6) is 0 Å². The van der Waals surface area contributed by atoms with Gasteiger partial charge in [0.2, 0.25) is 0 Å². The van der Waals surface area contributed by atoms with E-state index in [1.54, 1.807) is 0 Å². The van der Waals surface area contributed by atoms with E-state index in [4.69, 9.17) is 14.4 Å². The Morgan fingerprint density at radius 2 is 1.02 bits per heavy atom. The standard InChI is InChI=1S/C38H22N2O/c1-2-10-23(11-3-1)36-37(40-32-16-8-7-15-31(32)39-36)25-19-20-26-24(22-25)18-21-30-34(26)27-12-4-5-13-28(27)35-29-14-6-9-17-33(29)41-38(30)35/h1-22H. The number of nitrogens with zero attached hydrogens (tertiary/aromatic N) is 2. The topological polar surface area (TPSA) is 38.9 Å². The number of hydrogen-bond donors (Lipinski definition) is 0. The smallest absolute Gasteiger partial charge is 0.143 e. The largest absolute Gasteiger partial charge is 0.455 e. The van der Waals surface area contributed by atoms with E-state index < -0.39 is 0 Å². The zero-order valence-corrected chi connectivity index (χ0v) is 22.0. The van der Waals surface area contributed by atoms with Crippen LogP contribution in [0.25, 0.3) is 87.8 Å². The molecule has 0 amide bonds. The third-order valence-corrected chi connectivity index (χ3v) is 8.22. The third kappa shape index (κ3) is 3.26. The van der Waals surface area contributed by atoms with Gasteiger partial charge in [-0.15, -0.1) is 0 Å². The van der Waals surface area contributed by atoms with E-state index in [-0.39, 0.29) is 0 Å². The molecule has 2 heterocycles. The Balaban J connectivity index is 1.36. The van der Waals surface area contributed by atoms with Gasteiger partial charge in [0.05, 0.1) is 22.4 Å². The molecular formula is C38H22N2O. The van der Waals surface area contributed by atoms with Crippen LogP contribution < -0.4 is 0 Å². The van der Waals surface area contributed by atoms with E-state index in [9.17, 15) is 0 Å². The van der Waals surface area contributed by atoms with E-state index in [1.165, 1.54) is 26.9 Å². The van der Waals surface area contributed by atoms with Crippen LogP contribution in [0.15, 0.2) is 138 Å². The second-order valence-corrected chi connectivity index (χ2v) is 10.5. The van der Waals surface area contributed by atoms with Crippen LogP contribution in [0.4, 0.5) is 0 Å².